The Kier molecular flexibility index (Phi) is 7.99. The monoisotopic (exact) mass is 396 g/mol. The van der Waals surface area contributed by atoms with Crippen LogP contribution in [-0.2, 0) is 32.2 Å². The van der Waals surface area contributed by atoms with Crippen molar-refractivity contribution < 1.29 is 24.1 Å². The zero-order valence-corrected chi connectivity index (χ0v) is 16.6. The molecule has 4 atom stereocenters. The number of carbonyl (C=O) groups is 1. The molecule has 1 N–H and O–H groups in total. The molecular formula is C24H28O5. The lowest BCUT2D eigenvalue weighted by Crippen LogP contribution is -2.34. The van der Waals surface area contributed by atoms with Gasteiger partial charge in [0.2, 0.25) is 0 Å². The maximum Gasteiger partial charge on any atom is 0.306 e. The molecule has 5 heteroatoms. The number of carbonyl (C=O) groups excluding carboxylic acids is 1. The first kappa shape index (κ1) is 21.2. The third-order valence-corrected chi connectivity index (χ3v) is 4.89. The topological polar surface area (TPSA) is 65.0 Å². The highest BCUT2D eigenvalue weighted by Crippen LogP contribution is 2.20. The molecule has 0 aliphatic carbocycles. The van der Waals surface area contributed by atoms with E-state index in [4.69, 9.17) is 14.2 Å². The van der Waals surface area contributed by atoms with Gasteiger partial charge in [-0.1, -0.05) is 72.8 Å². The van der Waals surface area contributed by atoms with E-state index in [9.17, 15) is 9.90 Å². The zero-order valence-electron chi connectivity index (χ0n) is 16.6. The van der Waals surface area contributed by atoms with Crippen LogP contribution < -0.4 is 0 Å². The quantitative estimate of drug-likeness (QED) is 0.594. The molecule has 3 rings (SSSR count). The number of aliphatic hydroxyl groups excluding tert-OH is 1. The number of cyclic esters (lactones) is 1. The number of esters is 1. The summed E-state index contributed by atoms with van der Waals surface area (Å²) in [7, 11) is 0. The Morgan fingerprint density at radius 3 is 2.14 bits per heavy atom. The van der Waals surface area contributed by atoms with Crippen LogP contribution in [0.1, 0.15) is 30.9 Å². The molecule has 1 aliphatic rings. The smallest absolute Gasteiger partial charge is 0.306 e. The average Bonchev–Trinajstić information content (AvgIpc) is 2.75. The van der Waals surface area contributed by atoms with E-state index in [0.29, 0.717) is 19.6 Å². The Bertz CT molecular complexity index is 774. The van der Waals surface area contributed by atoms with Crippen LogP contribution in [0, 0.1) is 0 Å². The fourth-order valence-corrected chi connectivity index (χ4v) is 3.15. The van der Waals surface area contributed by atoms with Crippen molar-refractivity contribution in [3.05, 3.63) is 83.9 Å². The molecule has 2 aromatic rings. The Balaban J connectivity index is 1.75. The minimum absolute atomic E-state index is 0.204. The van der Waals surface area contributed by atoms with Gasteiger partial charge in [-0.25, -0.2) is 0 Å². The van der Waals surface area contributed by atoms with Crippen LogP contribution >= 0.6 is 0 Å². The van der Waals surface area contributed by atoms with Crippen LogP contribution in [0.5, 0.6) is 0 Å². The van der Waals surface area contributed by atoms with Gasteiger partial charge in [0.15, 0.2) is 0 Å². The van der Waals surface area contributed by atoms with Crippen molar-refractivity contribution in [1.29, 1.82) is 0 Å². The molecule has 0 bridgehead atoms. The van der Waals surface area contributed by atoms with Crippen molar-refractivity contribution in [3.8, 4) is 0 Å². The highest BCUT2D eigenvalue weighted by molar-refractivity contribution is 5.69. The molecule has 0 saturated carbocycles. The van der Waals surface area contributed by atoms with Crippen molar-refractivity contribution in [3.63, 3.8) is 0 Å². The van der Waals surface area contributed by atoms with E-state index in [1.807, 2.05) is 66.7 Å². The van der Waals surface area contributed by atoms with E-state index in [1.54, 1.807) is 13.0 Å². The van der Waals surface area contributed by atoms with Crippen molar-refractivity contribution in [2.45, 2.75) is 57.4 Å². The standard InChI is InChI=1S/C24H28O5/c1-18-21(25)12-13-22(27-16-19-8-4-2-5-9-19)23(14-15-24(26)29-18)28-17-20-10-6-3-7-11-20/h2-13,18,21-23,25H,14-17H2,1H3/t18-,21+,22-,23+/m1/s1. The summed E-state index contributed by atoms with van der Waals surface area (Å²) in [5.41, 5.74) is 2.10. The van der Waals surface area contributed by atoms with Crippen LogP contribution in [0.2, 0.25) is 0 Å². The van der Waals surface area contributed by atoms with Gasteiger partial charge in [-0.05, 0) is 24.5 Å². The largest absolute Gasteiger partial charge is 0.460 e. The molecule has 154 valence electrons. The van der Waals surface area contributed by atoms with Gasteiger partial charge < -0.3 is 19.3 Å². The van der Waals surface area contributed by atoms with Gasteiger partial charge >= 0.3 is 5.97 Å². The molecule has 2 aromatic carbocycles. The second kappa shape index (κ2) is 10.9. The lowest BCUT2D eigenvalue weighted by molar-refractivity contribution is -0.154. The molecule has 5 nitrogen and oxygen atoms in total. The maximum atomic E-state index is 12.1. The summed E-state index contributed by atoms with van der Waals surface area (Å²) in [5.74, 6) is -0.345. The summed E-state index contributed by atoms with van der Waals surface area (Å²) < 4.78 is 17.6. The predicted octanol–water partition coefficient (Wildman–Crippen LogP) is 3.80. The van der Waals surface area contributed by atoms with E-state index in [0.717, 1.165) is 11.1 Å². The molecule has 0 radical (unpaired) electrons. The first-order valence-electron chi connectivity index (χ1n) is 9.99. The lowest BCUT2D eigenvalue weighted by Gasteiger charge is -2.28. The maximum absolute atomic E-state index is 12.1. The van der Waals surface area contributed by atoms with Gasteiger partial charge in [0.05, 0.1) is 19.3 Å². The Labute approximate surface area is 171 Å². The van der Waals surface area contributed by atoms with Crippen LogP contribution in [-0.4, -0.2) is 35.5 Å². The molecule has 1 aliphatic heterocycles. The van der Waals surface area contributed by atoms with Gasteiger partial charge in [-0.3, -0.25) is 4.79 Å². The average molecular weight is 396 g/mol. The van der Waals surface area contributed by atoms with Gasteiger partial charge in [0.1, 0.15) is 18.3 Å². The lowest BCUT2D eigenvalue weighted by atomic mass is 10.0. The van der Waals surface area contributed by atoms with E-state index in [2.05, 4.69) is 0 Å². The second-order valence-corrected chi connectivity index (χ2v) is 7.21. The summed E-state index contributed by atoms with van der Waals surface area (Å²) in [5, 5.41) is 10.3. The van der Waals surface area contributed by atoms with E-state index < -0.39 is 18.3 Å². The second-order valence-electron chi connectivity index (χ2n) is 7.21. The Morgan fingerprint density at radius 2 is 1.52 bits per heavy atom. The molecule has 29 heavy (non-hydrogen) atoms. The van der Waals surface area contributed by atoms with Crippen molar-refractivity contribution >= 4 is 5.97 Å². The van der Waals surface area contributed by atoms with E-state index >= 15 is 0 Å². The summed E-state index contributed by atoms with van der Waals surface area (Å²) in [6.45, 7) is 2.51. The fraction of sp³-hybridized carbons (Fsp3) is 0.375. The van der Waals surface area contributed by atoms with Crippen LogP contribution in [0.3, 0.4) is 0 Å². The van der Waals surface area contributed by atoms with E-state index in [-0.39, 0.29) is 18.5 Å². The minimum Gasteiger partial charge on any atom is -0.460 e. The summed E-state index contributed by atoms with van der Waals surface area (Å²) in [4.78, 5) is 12.1. The van der Waals surface area contributed by atoms with Crippen LogP contribution in [0.15, 0.2) is 72.8 Å². The number of hydrogen-bond donors (Lipinski definition) is 1. The molecule has 0 fully saturated rings. The third kappa shape index (κ3) is 6.82. The van der Waals surface area contributed by atoms with Gasteiger partial charge in [0, 0.05) is 6.42 Å². The number of aliphatic hydroxyl groups is 1. The predicted molar refractivity (Wildman–Crippen MR) is 110 cm³/mol. The van der Waals surface area contributed by atoms with Crippen molar-refractivity contribution in [2.24, 2.45) is 0 Å². The number of hydrogen-bond acceptors (Lipinski definition) is 5. The fourth-order valence-electron chi connectivity index (χ4n) is 3.15. The van der Waals surface area contributed by atoms with Crippen molar-refractivity contribution in [2.75, 3.05) is 0 Å². The highest BCUT2D eigenvalue weighted by atomic mass is 16.6. The molecule has 1 heterocycles. The van der Waals surface area contributed by atoms with Gasteiger partial charge in [-0.2, -0.15) is 0 Å². The summed E-state index contributed by atoms with van der Waals surface area (Å²) >= 11 is 0. The number of ether oxygens (including phenoxy) is 3. The SMILES string of the molecule is C[C@H]1OC(=O)CC[C@H](OCc2ccccc2)[C@H](OCc2ccccc2)C=C[C@@H]1O. The molecule has 0 amide bonds. The summed E-state index contributed by atoms with van der Waals surface area (Å²) in [6, 6.07) is 19.8. The Hall–Kier alpha value is -2.47. The molecule has 0 saturated heterocycles. The van der Waals surface area contributed by atoms with Gasteiger partial charge in [-0.15, -0.1) is 0 Å². The zero-order chi connectivity index (χ0) is 20.5. The first-order valence-corrected chi connectivity index (χ1v) is 9.99. The normalized spacial score (nSPS) is 25.4. The van der Waals surface area contributed by atoms with Gasteiger partial charge in [0.25, 0.3) is 0 Å². The number of benzene rings is 2. The molecule has 0 unspecified atom stereocenters. The minimum atomic E-state index is -0.894. The Morgan fingerprint density at radius 1 is 0.931 bits per heavy atom. The van der Waals surface area contributed by atoms with Crippen LogP contribution in [0.25, 0.3) is 0 Å². The molecule has 0 aromatic heterocycles. The number of rotatable bonds is 6. The van der Waals surface area contributed by atoms with E-state index in [1.165, 1.54) is 0 Å². The van der Waals surface area contributed by atoms with Crippen LogP contribution in [0.4, 0.5) is 0 Å². The summed E-state index contributed by atoms with van der Waals surface area (Å²) in [6.07, 6.45) is 1.88. The first-order chi connectivity index (χ1) is 14.1. The highest BCUT2D eigenvalue weighted by Gasteiger charge is 2.26. The molecular weight excluding hydrogens is 368 g/mol. The van der Waals surface area contributed by atoms with Crippen molar-refractivity contribution in [1.82, 2.24) is 0 Å². The third-order valence-electron chi connectivity index (χ3n) is 4.89. The molecule has 0 spiro atoms.